The van der Waals surface area contributed by atoms with Gasteiger partial charge in [-0.1, -0.05) is 12.8 Å². The highest BCUT2D eigenvalue weighted by atomic mass is 19.1. The van der Waals surface area contributed by atoms with E-state index in [2.05, 4.69) is 11.8 Å². The van der Waals surface area contributed by atoms with Gasteiger partial charge < -0.3 is 9.47 Å². The maximum Gasteiger partial charge on any atom is 0.151 e. The van der Waals surface area contributed by atoms with E-state index in [1.807, 2.05) is 6.92 Å². The van der Waals surface area contributed by atoms with Crippen LogP contribution in [-0.4, -0.2) is 31.9 Å². The van der Waals surface area contributed by atoms with Crippen molar-refractivity contribution >= 4 is 11.6 Å². The first kappa shape index (κ1) is 19.1. The summed E-state index contributed by atoms with van der Waals surface area (Å²) in [6.07, 6.45) is 1.46. The van der Waals surface area contributed by atoms with Crippen LogP contribution in [0.3, 0.4) is 0 Å². The molecule has 1 aromatic rings. The molecule has 0 aromatic heterocycles. The molecule has 0 heterocycles. The summed E-state index contributed by atoms with van der Waals surface area (Å²) in [5.74, 6) is 3.27. The first-order valence-electron chi connectivity index (χ1n) is 8.47. The van der Waals surface area contributed by atoms with Crippen molar-refractivity contribution in [2.45, 2.75) is 39.0 Å². The van der Waals surface area contributed by atoms with Gasteiger partial charge in [-0.25, -0.2) is 4.39 Å². The Bertz CT molecular complexity index is 714. The van der Waals surface area contributed by atoms with Crippen molar-refractivity contribution in [2.24, 2.45) is 5.92 Å². The number of rotatable bonds is 6. The summed E-state index contributed by atoms with van der Waals surface area (Å²) in [5, 5.41) is 0. The van der Waals surface area contributed by atoms with Crippen molar-refractivity contribution in [3.8, 4) is 17.6 Å². The first-order chi connectivity index (χ1) is 12.0. The van der Waals surface area contributed by atoms with Crippen LogP contribution in [0.25, 0.3) is 0 Å². The van der Waals surface area contributed by atoms with Crippen molar-refractivity contribution in [2.75, 3.05) is 20.3 Å². The van der Waals surface area contributed by atoms with E-state index in [1.54, 1.807) is 13.0 Å². The van der Waals surface area contributed by atoms with Gasteiger partial charge in [0.15, 0.2) is 5.78 Å². The molecule has 1 aromatic carbocycles. The van der Waals surface area contributed by atoms with E-state index in [0.29, 0.717) is 25.0 Å². The van der Waals surface area contributed by atoms with Crippen LogP contribution in [0.1, 0.15) is 50.2 Å². The van der Waals surface area contributed by atoms with E-state index in [-0.39, 0.29) is 41.8 Å². The summed E-state index contributed by atoms with van der Waals surface area (Å²) in [7, 11) is 1.53. The summed E-state index contributed by atoms with van der Waals surface area (Å²) >= 11 is 0. The maximum atomic E-state index is 14.8. The van der Waals surface area contributed by atoms with Crippen molar-refractivity contribution < 1.29 is 23.5 Å². The molecule has 1 aliphatic rings. The van der Waals surface area contributed by atoms with Crippen LogP contribution in [0.15, 0.2) is 12.1 Å². The Balaban J connectivity index is 2.50. The average molecular weight is 346 g/mol. The van der Waals surface area contributed by atoms with Crippen molar-refractivity contribution in [3.05, 3.63) is 29.1 Å². The van der Waals surface area contributed by atoms with Crippen molar-refractivity contribution in [3.63, 3.8) is 0 Å². The van der Waals surface area contributed by atoms with Crippen LogP contribution < -0.4 is 4.74 Å². The predicted octanol–water partition coefficient (Wildman–Crippen LogP) is 3.26. The fourth-order valence-electron chi connectivity index (χ4n) is 3.15. The lowest BCUT2D eigenvalue weighted by atomic mass is 9.74. The average Bonchev–Trinajstić information content (AvgIpc) is 2.57. The van der Waals surface area contributed by atoms with E-state index in [4.69, 9.17) is 9.47 Å². The second-order valence-corrected chi connectivity index (χ2v) is 6.03. The van der Waals surface area contributed by atoms with E-state index < -0.39 is 11.7 Å². The van der Waals surface area contributed by atoms with Gasteiger partial charge in [0.25, 0.3) is 0 Å². The molecule has 5 heteroatoms. The van der Waals surface area contributed by atoms with Crippen LogP contribution in [0.5, 0.6) is 5.75 Å². The lowest BCUT2D eigenvalue weighted by molar-refractivity contribution is -0.135. The van der Waals surface area contributed by atoms with Crippen LogP contribution in [-0.2, 0) is 14.3 Å². The normalized spacial score (nSPS) is 20.2. The van der Waals surface area contributed by atoms with Crippen LogP contribution in [0.2, 0.25) is 0 Å². The number of carbonyl (C=O) groups is 2. The Morgan fingerprint density at radius 2 is 2.04 bits per heavy atom. The van der Waals surface area contributed by atoms with Crippen LogP contribution in [0, 0.1) is 23.6 Å². The maximum absolute atomic E-state index is 14.8. The number of Topliss-reactive ketones (excluding diaryl/α,β-unsaturated/α-hetero) is 2. The molecule has 25 heavy (non-hydrogen) atoms. The number of methoxy groups -OCH3 is 1. The monoisotopic (exact) mass is 346 g/mol. The van der Waals surface area contributed by atoms with Crippen molar-refractivity contribution in [1.29, 1.82) is 0 Å². The summed E-state index contributed by atoms with van der Waals surface area (Å²) < 4.78 is 25.4. The van der Waals surface area contributed by atoms with Gasteiger partial charge in [-0.3, -0.25) is 9.59 Å². The summed E-state index contributed by atoms with van der Waals surface area (Å²) in [6.45, 7) is 4.06. The molecule has 4 nitrogen and oxygen atoms in total. The highest BCUT2D eigenvalue weighted by molar-refractivity contribution is 6.10. The number of hydrogen-bond acceptors (Lipinski definition) is 4. The van der Waals surface area contributed by atoms with Crippen molar-refractivity contribution in [1.82, 2.24) is 0 Å². The van der Waals surface area contributed by atoms with E-state index >= 15 is 0 Å². The van der Waals surface area contributed by atoms with Gasteiger partial charge in [0.1, 0.15) is 29.9 Å². The summed E-state index contributed by atoms with van der Waals surface area (Å²) in [5.41, 5.74) is 0.477. The molecule has 0 bridgehead atoms. The van der Waals surface area contributed by atoms with E-state index in [9.17, 15) is 14.0 Å². The van der Waals surface area contributed by atoms with Gasteiger partial charge >= 0.3 is 0 Å². The smallest absolute Gasteiger partial charge is 0.151 e. The largest absolute Gasteiger partial charge is 0.491 e. The Hall–Kier alpha value is -2.19. The molecule has 0 saturated heterocycles. The van der Waals surface area contributed by atoms with Gasteiger partial charge in [0, 0.05) is 30.6 Å². The number of carbonyl (C=O) groups excluding carboxylic acids is 2. The van der Waals surface area contributed by atoms with Gasteiger partial charge in [0.05, 0.1) is 6.61 Å². The number of ether oxygens (including phenoxy) is 2. The predicted molar refractivity (Wildman–Crippen MR) is 92.1 cm³/mol. The molecule has 0 aliphatic heterocycles. The number of halogens is 1. The van der Waals surface area contributed by atoms with Gasteiger partial charge in [-0.15, -0.1) is 5.92 Å². The first-order valence-corrected chi connectivity index (χ1v) is 8.47. The zero-order valence-electron chi connectivity index (χ0n) is 14.9. The number of hydrogen-bond donors (Lipinski definition) is 0. The Kier molecular flexibility index (Phi) is 6.72. The minimum absolute atomic E-state index is 0.0332. The number of benzene rings is 1. The Morgan fingerprint density at radius 3 is 2.68 bits per heavy atom. The molecular weight excluding hydrogens is 323 g/mol. The third-order valence-corrected chi connectivity index (χ3v) is 4.44. The molecule has 1 fully saturated rings. The Morgan fingerprint density at radius 1 is 1.28 bits per heavy atom. The third kappa shape index (κ3) is 4.26. The standard InChI is InChI=1S/C20H23FO4/c1-4-6-13-11-15(21)18(17(12-13)25-10-9-24-3)19-16(22)8-7-14(5-2)20(19)23/h11-12,14,19H,5,7-10H2,1-3H3. The molecule has 2 unspecified atom stereocenters. The highest BCUT2D eigenvalue weighted by Crippen LogP contribution is 2.38. The summed E-state index contributed by atoms with van der Waals surface area (Å²) in [6, 6.07) is 2.84. The second kappa shape index (κ2) is 8.77. The molecule has 134 valence electrons. The van der Waals surface area contributed by atoms with Crippen LogP contribution >= 0.6 is 0 Å². The molecule has 2 atom stereocenters. The van der Waals surface area contributed by atoms with Gasteiger partial charge in [-0.2, -0.15) is 0 Å². The zero-order valence-corrected chi connectivity index (χ0v) is 14.9. The molecule has 1 saturated carbocycles. The van der Waals surface area contributed by atoms with Crippen LogP contribution in [0.4, 0.5) is 4.39 Å². The topological polar surface area (TPSA) is 52.6 Å². The molecule has 1 aliphatic carbocycles. The minimum Gasteiger partial charge on any atom is -0.491 e. The quantitative estimate of drug-likeness (QED) is 0.451. The molecule has 0 amide bonds. The second-order valence-electron chi connectivity index (χ2n) is 6.03. The summed E-state index contributed by atoms with van der Waals surface area (Å²) in [4.78, 5) is 25.1. The SMILES string of the molecule is CC#Cc1cc(F)c(C2C(=O)CCC(CC)C2=O)c(OCCOC)c1. The fraction of sp³-hybridized carbons (Fsp3) is 0.500. The molecular formula is C20H23FO4. The van der Waals surface area contributed by atoms with Gasteiger partial charge in [-0.05, 0) is 31.9 Å². The van der Waals surface area contributed by atoms with Gasteiger partial charge in [0.2, 0.25) is 0 Å². The minimum atomic E-state index is -1.10. The molecule has 0 radical (unpaired) electrons. The number of ketones is 2. The van der Waals surface area contributed by atoms with E-state index in [0.717, 1.165) is 0 Å². The highest BCUT2D eigenvalue weighted by Gasteiger charge is 2.40. The Labute approximate surface area is 147 Å². The lowest BCUT2D eigenvalue weighted by Gasteiger charge is -2.28. The molecule has 0 N–H and O–H groups in total. The van der Waals surface area contributed by atoms with E-state index in [1.165, 1.54) is 13.2 Å². The fourth-order valence-corrected chi connectivity index (χ4v) is 3.15. The zero-order chi connectivity index (χ0) is 18.4. The third-order valence-electron chi connectivity index (χ3n) is 4.44. The lowest BCUT2D eigenvalue weighted by Crippen LogP contribution is -2.34. The molecule has 0 spiro atoms. The molecule has 2 rings (SSSR count).